The Morgan fingerprint density at radius 3 is 3.00 bits per heavy atom. The number of fused-ring (bicyclic) bond motifs is 4. The van der Waals surface area contributed by atoms with Crippen LogP contribution in [0, 0.1) is 5.92 Å². The maximum atomic E-state index is 12.6. The Morgan fingerprint density at radius 1 is 1.36 bits per heavy atom. The summed E-state index contributed by atoms with van der Waals surface area (Å²) in [6.07, 6.45) is 7.17. The van der Waals surface area contributed by atoms with Gasteiger partial charge >= 0.3 is 5.97 Å². The maximum absolute atomic E-state index is 12.6. The molecule has 2 bridgehead atoms. The van der Waals surface area contributed by atoms with Crippen molar-refractivity contribution in [2.45, 2.75) is 26.2 Å². The van der Waals surface area contributed by atoms with Gasteiger partial charge in [0.1, 0.15) is 13.1 Å². The lowest BCUT2D eigenvalue weighted by Crippen LogP contribution is -2.28. The van der Waals surface area contributed by atoms with Crippen molar-refractivity contribution >= 4 is 17.8 Å². The van der Waals surface area contributed by atoms with E-state index in [4.69, 9.17) is 9.73 Å². The van der Waals surface area contributed by atoms with E-state index in [0.29, 0.717) is 17.9 Å². The first kappa shape index (κ1) is 16.0. The number of ether oxygens (including phenoxy) is 1. The molecule has 0 fully saturated rings. The molecule has 4 heteroatoms. The largest absolute Gasteiger partial charge is 0.466 e. The number of allylic oxidation sites excluding steroid dienone is 2. The lowest BCUT2D eigenvalue weighted by atomic mass is 9.92. The predicted octanol–water partition coefficient (Wildman–Crippen LogP) is 1.74. The molecule has 0 radical (unpaired) electrons. The van der Waals surface area contributed by atoms with Crippen molar-refractivity contribution in [3.8, 4) is 0 Å². The Labute approximate surface area is 147 Å². The van der Waals surface area contributed by atoms with Crippen molar-refractivity contribution in [1.29, 1.82) is 0 Å². The third-order valence-electron chi connectivity index (χ3n) is 5.26. The summed E-state index contributed by atoms with van der Waals surface area (Å²) in [4.78, 5) is 17.4. The Morgan fingerprint density at radius 2 is 2.20 bits per heavy atom. The van der Waals surface area contributed by atoms with Crippen LogP contribution in [0.4, 0.5) is 0 Å². The van der Waals surface area contributed by atoms with Crippen LogP contribution in [0.15, 0.2) is 52.2 Å². The number of methoxy groups -OCH3 is 1. The number of esters is 1. The van der Waals surface area contributed by atoms with Crippen molar-refractivity contribution in [3.05, 3.63) is 57.8 Å². The highest BCUT2D eigenvalue weighted by molar-refractivity contribution is 5.93. The highest BCUT2D eigenvalue weighted by Gasteiger charge is 2.31. The molecule has 3 heterocycles. The average molecular weight is 335 g/mol. The van der Waals surface area contributed by atoms with Crippen LogP contribution in [0.3, 0.4) is 0 Å². The molecule has 3 aliphatic heterocycles. The second kappa shape index (κ2) is 6.43. The molecule has 3 aliphatic rings. The van der Waals surface area contributed by atoms with Gasteiger partial charge in [-0.1, -0.05) is 31.2 Å². The summed E-state index contributed by atoms with van der Waals surface area (Å²) in [5.74, 6) is 0.0679. The van der Waals surface area contributed by atoms with Gasteiger partial charge in [-0.05, 0) is 24.5 Å². The molecule has 1 aromatic carbocycles. The third-order valence-corrected chi connectivity index (χ3v) is 5.26. The van der Waals surface area contributed by atoms with E-state index in [9.17, 15) is 4.79 Å². The highest BCUT2D eigenvalue weighted by Crippen LogP contribution is 2.30. The molecule has 0 amide bonds. The molecule has 25 heavy (non-hydrogen) atoms. The monoisotopic (exact) mass is 335 g/mol. The molecule has 0 aromatic heterocycles. The molecule has 0 aliphatic carbocycles. The predicted molar refractivity (Wildman–Crippen MR) is 96.8 cm³/mol. The summed E-state index contributed by atoms with van der Waals surface area (Å²) in [7, 11) is 1.46. The fourth-order valence-corrected chi connectivity index (χ4v) is 4.04. The van der Waals surface area contributed by atoms with Gasteiger partial charge in [-0.25, -0.2) is 14.4 Å². The van der Waals surface area contributed by atoms with Crippen LogP contribution in [0.1, 0.15) is 26.2 Å². The number of para-hydroxylation sites is 1. The van der Waals surface area contributed by atoms with E-state index in [1.165, 1.54) is 18.3 Å². The molecular weight excluding hydrogens is 312 g/mol. The fraction of sp³-hybridized carbons (Fsp3) is 0.381. The van der Waals surface area contributed by atoms with Crippen LogP contribution in [0.2, 0.25) is 0 Å². The molecule has 1 atom stereocenters. The van der Waals surface area contributed by atoms with Gasteiger partial charge in [-0.15, -0.1) is 0 Å². The summed E-state index contributed by atoms with van der Waals surface area (Å²) in [5.41, 5.74) is 4.08. The van der Waals surface area contributed by atoms with Gasteiger partial charge < -0.3 is 4.74 Å². The van der Waals surface area contributed by atoms with Gasteiger partial charge in [-0.3, -0.25) is 0 Å². The Bertz CT molecular complexity index is 950. The maximum Gasteiger partial charge on any atom is 0.335 e. The van der Waals surface area contributed by atoms with E-state index in [0.717, 1.165) is 42.2 Å². The standard InChI is InChI=1S/C21H23N2O2/c1-3-14-10-15-11-18(21(24)25-2)20-17(8-9-23(12-14)13-15)16-6-4-5-7-19(16)22-20/h4-7,10,12,15H,3,8-9,11,13H2,1-2H3/q+1. The minimum absolute atomic E-state index is 0.251. The van der Waals surface area contributed by atoms with Crippen LogP contribution in [0.25, 0.3) is 5.57 Å². The van der Waals surface area contributed by atoms with Crippen molar-refractivity contribution < 1.29 is 14.1 Å². The normalized spacial score (nSPS) is 21.8. The van der Waals surface area contributed by atoms with Crippen molar-refractivity contribution in [2.75, 3.05) is 20.2 Å². The van der Waals surface area contributed by atoms with E-state index in [1.54, 1.807) is 0 Å². The Balaban J connectivity index is 1.91. The molecule has 0 saturated heterocycles. The van der Waals surface area contributed by atoms with Gasteiger partial charge in [0.15, 0.2) is 6.21 Å². The second-order valence-electron chi connectivity index (χ2n) is 6.86. The summed E-state index contributed by atoms with van der Waals surface area (Å²) in [6.45, 7) is 4.08. The zero-order valence-corrected chi connectivity index (χ0v) is 14.8. The van der Waals surface area contributed by atoms with E-state index < -0.39 is 0 Å². The highest BCUT2D eigenvalue weighted by atomic mass is 16.5. The lowest BCUT2D eigenvalue weighted by Gasteiger charge is -2.17. The first-order chi connectivity index (χ1) is 12.2. The van der Waals surface area contributed by atoms with Gasteiger partial charge in [0.25, 0.3) is 0 Å². The molecule has 1 aromatic rings. The quantitative estimate of drug-likeness (QED) is 0.610. The molecule has 0 spiro atoms. The van der Waals surface area contributed by atoms with Crippen LogP contribution < -0.4 is 10.6 Å². The molecule has 4 nitrogen and oxygen atoms in total. The number of carbonyl (C=O) groups is 1. The molecule has 0 N–H and O–H groups in total. The third kappa shape index (κ3) is 2.86. The zero-order chi connectivity index (χ0) is 17.4. The zero-order valence-electron chi connectivity index (χ0n) is 14.8. The fourth-order valence-electron chi connectivity index (χ4n) is 4.04. The minimum Gasteiger partial charge on any atom is -0.466 e. The molecule has 4 rings (SSSR count). The summed E-state index contributed by atoms with van der Waals surface area (Å²) >= 11 is 0. The number of rotatable bonds is 2. The summed E-state index contributed by atoms with van der Waals surface area (Å²) in [6, 6.07) is 8.16. The average Bonchev–Trinajstić information content (AvgIpc) is 3.02. The topological polar surface area (TPSA) is 41.7 Å². The number of benzene rings is 1. The second-order valence-corrected chi connectivity index (χ2v) is 6.86. The molecular formula is C21H23N2O2+. The van der Waals surface area contributed by atoms with Gasteiger partial charge in [0.05, 0.1) is 23.7 Å². The van der Waals surface area contributed by atoms with Crippen molar-refractivity contribution in [1.82, 2.24) is 0 Å². The smallest absolute Gasteiger partial charge is 0.335 e. The number of hydrogen-bond donors (Lipinski definition) is 0. The summed E-state index contributed by atoms with van der Waals surface area (Å²) < 4.78 is 7.51. The van der Waals surface area contributed by atoms with Crippen molar-refractivity contribution in [2.24, 2.45) is 10.9 Å². The van der Waals surface area contributed by atoms with Crippen LogP contribution >= 0.6 is 0 Å². The van der Waals surface area contributed by atoms with E-state index in [2.05, 4.69) is 29.9 Å². The van der Waals surface area contributed by atoms with Gasteiger partial charge in [0.2, 0.25) is 0 Å². The Kier molecular flexibility index (Phi) is 4.12. The van der Waals surface area contributed by atoms with Crippen molar-refractivity contribution in [3.63, 3.8) is 0 Å². The number of nitrogens with zero attached hydrogens (tertiary/aromatic N) is 2. The summed E-state index contributed by atoms with van der Waals surface area (Å²) in [5, 5.41) is 2.11. The minimum atomic E-state index is -0.251. The van der Waals surface area contributed by atoms with Gasteiger partial charge in [0, 0.05) is 23.1 Å². The van der Waals surface area contributed by atoms with Crippen LogP contribution in [-0.2, 0) is 9.53 Å². The number of carbonyl (C=O) groups excluding carboxylic acids is 1. The first-order valence-corrected chi connectivity index (χ1v) is 8.98. The van der Waals surface area contributed by atoms with E-state index in [1.807, 2.05) is 18.2 Å². The van der Waals surface area contributed by atoms with Crippen LogP contribution in [0.5, 0.6) is 0 Å². The van der Waals surface area contributed by atoms with Gasteiger partial charge in [-0.2, -0.15) is 0 Å². The molecule has 128 valence electrons. The SMILES string of the molecule is CCC1=CC2CC(C(=O)OC)=C3N=c4ccccc4=C3CC[N+](=C1)C2. The molecule has 1 unspecified atom stereocenters. The molecule has 0 saturated carbocycles. The Hall–Kier alpha value is -2.49. The first-order valence-electron chi connectivity index (χ1n) is 8.98. The lowest BCUT2D eigenvalue weighted by molar-refractivity contribution is -0.528. The van der Waals surface area contributed by atoms with E-state index in [-0.39, 0.29) is 5.97 Å². The van der Waals surface area contributed by atoms with E-state index >= 15 is 0 Å². The van der Waals surface area contributed by atoms with Crippen LogP contribution in [-0.4, -0.2) is 37.0 Å². The number of hydrogen-bond acceptors (Lipinski definition) is 3.